The molecule has 1 N–H and O–H groups in total. The summed E-state index contributed by atoms with van der Waals surface area (Å²) >= 11 is 0. The van der Waals surface area contributed by atoms with Crippen molar-refractivity contribution in [1.82, 2.24) is 10.2 Å². The number of hydrogen-bond donors (Lipinski definition) is 1. The van der Waals surface area contributed by atoms with Crippen LogP contribution in [0.5, 0.6) is 0 Å². The van der Waals surface area contributed by atoms with Crippen LogP contribution in [0.2, 0.25) is 0 Å². The fraction of sp³-hybridized carbons (Fsp3) is 0.318. The van der Waals surface area contributed by atoms with Crippen molar-refractivity contribution in [3.05, 3.63) is 83.7 Å². The van der Waals surface area contributed by atoms with Gasteiger partial charge in [0, 0.05) is 11.9 Å². The molecule has 4 heteroatoms. The zero-order valence-corrected chi connectivity index (χ0v) is 16.1. The summed E-state index contributed by atoms with van der Waals surface area (Å²) in [4.78, 5) is 6.84. The van der Waals surface area contributed by atoms with Gasteiger partial charge in [-0.2, -0.15) is 0 Å². The smallest absolute Gasteiger partial charge is 0.129 e. The normalized spacial score (nSPS) is 17.1. The summed E-state index contributed by atoms with van der Waals surface area (Å²) < 4.78 is 5.36. The molecule has 1 aromatic carbocycles. The Balaban J connectivity index is 0.000000570. The maximum atomic E-state index is 5.36. The Morgan fingerprint density at radius 1 is 1.04 bits per heavy atom. The zero-order chi connectivity index (χ0) is 18.8. The Labute approximate surface area is 156 Å². The predicted molar refractivity (Wildman–Crippen MR) is 109 cm³/mol. The largest absolute Gasteiger partial charge is 0.467 e. The van der Waals surface area contributed by atoms with Gasteiger partial charge in [0.1, 0.15) is 11.6 Å². The number of benzene rings is 1. The van der Waals surface area contributed by atoms with Gasteiger partial charge in [-0.15, -0.1) is 0 Å². The van der Waals surface area contributed by atoms with E-state index >= 15 is 0 Å². The van der Waals surface area contributed by atoms with Crippen molar-refractivity contribution >= 4 is 6.21 Å². The van der Waals surface area contributed by atoms with Crippen LogP contribution in [0.15, 0.2) is 81.8 Å². The predicted octanol–water partition coefficient (Wildman–Crippen LogP) is 5.29. The second-order valence-electron chi connectivity index (χ2n) is 5.41. The van der Waals surface area contributed by atoms with Crippen LogP contribution in [-0.4, -0.2) is 17.7 Å². The van der Waals surface area contributed by atoms with Gasteiger partial charge in [0.2, 0.25) is 0 Å². The van der Waals surface area contributed by atoms with Crippen molar-refractivity contribution in [2.45, 2.75) is 40.3 Å². The van der Waals surface area contributed by atoms with Gasteiger partial charge in [0.15, 0.2) is 0 Å². The number of nitrogens with one attached hydrogen (secondary N) is 1. The average molecular weight is 351 g/mol. The van der Waals surface area contributed by atoms with Gasteiger partial charge in [0.05, 0.1) is 25.4 Å². The van der Waals surface area contributed by atoms with Crippen LogP contribution in [0, 0.1) is 0 Å². The number of fused-ring (bicyclic) bond motifs is 1. The molecule has 26 heavy (non-hydrogen) atoms. The molecule has 138 valence electrons. The minimum Gasteiger partial charge on any atom is -0.467 e. The Morgan fingerprint density at radius 3 is 2.50 bits per heavy atom. The Kier molecular flexibility index (Phi) is 7.75. The highest BCUT2D eigenvalue weighted by Gasteiger charge is 2.28. The lowest BCUT2D eigenvalue weighted by molar-refractivity contribution is 0.342. The molecule has 0 fully saturated rings. The van der Waals surface area contributed by atoms with E-state index in [1.807, 2.05) is 52.1 Å². The van der Waals surface area contributed by atoms with Crippen LogP contribution in [0.1, 0.15) is 45.1 Å². The van der Waals surface area contributed by atoms with Gasteiger partial charge in [0.25, 0.3) is 0 Å². The van der Waals surface area contributed by atoms with Gasteiger partial charge < -0.3 is 14.6 Å². The first-order valence-corrected chi connectivity index (χ1v) is 9.43. The van der Waals surface area contributed by atoms with E-state index < -0.39 is 0 Å². The van der Waals surface area contributed by atoms with Crippen LogP contribution in [0.4, 0.5) is 0 Å². The van der Waals surface area contributed by atoms with E-state index in [0.29, 0.717) is 6.54 Å². The van der Waals surface area contributed by atoms with Gasteiger partial charge in [-0.05, 0) is 29.8 Å². The van der Waals surface area contributed by atoms with Crippen LogP contribution in [0.3, 0.4) is 0 Å². The number of furan rings is 1. The highest BCUT2D eigenvalue weighted by molar-refractivity contribution is 5.72. The van der Waals surface area contributed by atoms with Crippen molar-refractivity contribution in [1.29, 1.82) is 0 Å². The van der Waals surface area contributed by atoms with Crippen LogP contribution in [-0.2, 0) is 6.54 Å². The molecule has 2 aliphatic heterocycles. The Hall–Kier alpha value is -2.75. The summed E-state index contributed by atoms with van der Waals surface area (Å²) in [6, 6.07) is 14.6. The molecule has 1 aromatic heterocycles. The van der Waals surface area contributed by atoms with Gasteiger partial charge in [-0.3, -0.25) is 0 Å². The third-order valence-corrected chi connectivity index (χ3v) is 3.96. The van der Waals surface area contributed by atoms with Crippen molar-refractivity contribution in [2.75, 3.05) is 6.54 Å². The molecule has 3 heterocycles. The molecule has 0 aliphatic carbocycles. The summed E-state index contributed by atoms with van der Waals surface area (Å²) in [5.74, 6) is 1.96. The molecule has 1 unspecified atom stereocenters. The first kappa shape index (κ1) is 19.6. The fourth-order valence-electron chi connectivity index (χ4n) is 2.82. The lowest BCUT2D eigenvalue weighted by Gasteiger charge is -2.30. The summed E-state index contributed by atoms with van der Waals surface area (Å²) in [7, 11) is 0. The quantitative estimate of drug-likeness (QED) is 0.814. The topological polar surface area (TPSA) is 40.8 Å². The van der Waals surface area contributed by atoms with Crippen molar-refractivity contribution < 1.29 is 4.42 Å². The molecule has 4 rings (SSSR count). The lowest BCUT2D eigenvalue weighted by Crippen LogP contribution is -2.32. The second kappa shape index (κ2) is 10.3. The standard InChI is InChI=1S/C18H17N3O.2C2H6/c1-2-5-14(6-3-1)17-12-20-18-9-8-15(13-21(17)18)19-11-16-7-4-10-22-16;2*1-2/h1-10,12,17,19H,11,13H2;2*1-2H3. The van der Waals surface area contributed by atoms with E-state index in [2.05, 4.69) is 51.6 Å². The van der Waals surface area contributed by atoms with Gasteiger partial charge in [-0.1, -0.05) is 58.0 Å². The second-order valence-corrected chi connectivity index (χ2v) is 5.41. The number of allylic oxidation sites excluding steroid dienone is 2. The first-order valence-electron chi connectivity index (χ1n) is 9.43. The third kappa shape index (κ3) is 4.66. The van der Waals surface area contributed by atoms with E-state index in [1.54, 1.807) is 6.26 Å². The average Bonchev–Trinajstić information content (AvgIpc) is 3.39. The van der Waals surface area contributed by atoms with Crippen LogP contribution >= 0.6 is 0 Å². The summed E-state index contributed by atoms with van der Waals surface area (Å²) in [5, 5.41) is 3.43. The molecular weight excluding hydrogens is 322 g/mol. The summed E-state index contributed by atoms with van der Waals surface area (Å²) in [6.07, 6.45) is 7.88. The highest BCUT2D eigenvalue weighted by atomic mass is 16.3. The molecule has 0 saturated carbocycles. The molecule has 0 amide bonds. The molecular formula is C22H29N3O. The van der Waals surface area contributed by atoms with E-state index in [1.165, 1.54) is 11.3 Å². The number of rotatable bonds is 4. The maximum Gasteiger partial charge on any atom is 0.129 e. The molecule has 2 aromatic rings. The van der Waals surface area contributed by atoms with Crippen LogP contribution in [0.25, 0.3) is 0 Å². The molecule has 0 radical (unpaired) electrons. The minimum atomic E-state index is 0.210. The Morgan fingerprint density at radius 2 is 1.81 bits per heavy atom. The lowest BCUT2D eigenvalue weighted by atomic mass is 10.1. The molecule has 0 spiro atoms. The Bertz CT molecular complexity index is 730. The molecule has 0 saturated heterocycles. The van der Waals surface area contributed by atoms with Crippen molar-refractivity contribution in [2.24, 2.45) is 4.99 Å². The number of nitrogens with zero attached hydrogens (tertiary/aromatic N) is 2. The third-order valence-electron chi connectivity index (χ3n) is 3.96. The molecule has 1 atom stereocenters. The summed E-state index contributed by atoms with van der Waals surface area (Å²) in [5.41, 5.74) is 2.44. The SMILES string of the molecule is C1=NC2=CC=C(NCc3ccco3)CN2C1c1ccccc1.CC.CC. The zero-order valence-electron chi connectivity index (χ0n) is 16.1. The van der Waals surface area contributed by atoms with Crippen molar-refractivity contribution in [3.63, 3.8) is 0 Å². The van der Waals surface area contributed by atoms with Crippen LogP contribution < -0.4 is 5.32 Å². The number of aliphatic imine (C=N–C) groups is 1. The van der Waals surface area contributed by atoms with Gasteiger partial charge in [-0.25, -0.2) is 4.99 Å². The van der Waals surface area contributed by atoms with E-state index in [4.69, 9.17) is 4.42 Å². The van der Waals surface area contributed by atoms with Gasteiger partial charge >= 0.3 is 0 Å². The maximum absolute atomic E-state index is 5.36. The molecule has 4 nitrogen and oxygen atoms in total. The molecule has 0 bridgehead atoms. The highest BCUT2D eigenvalue weighted by Crippen LogP contribution is 2.31. The minimum absolute atomic E-state index is 0.210. The monoisotopic (exact) mass is 351 g/mol. The van der Waals surface area contributed by atoms with E-state index in [-0.39, 0.29) is 6.04 Å². The molecule has 2 aliphatic rings. The summed E-state index contributed by atoms with van der Waals surface area (Å²) in [6.45, 7) is 9.53. The first-order chi connectivity index (χ1) is 12.9. The van der Waals surface area contributed by atoms with E-state index in [0.717, 1.165) is 18.1 Å². The fourth-order valence-corrected chi connectivity index (χ4v) is 2.82. The van der Waals surface area contributed by atoms with E-state index in [9.17, 15) is 0 Å². The van der Waals surface area contributed by atoms with Crippen molar-refractivity contribution in [3.8, 4) is 0 Å². The number of hydrogen-bond acceptors (Lipinski definition) is 4.